The summed E-state index contributed by atoms with van der Waals surface area (Å²) in [4.78, 5) is 24.9. The van der Waals surface area contributed by atoms with Crippen molar-refractivity contribution in [2.75, 3.05) is 13.2 Å². The van der Waals surface area contributed by atoms with Crippen molar-refractivity contribution in [3.8, 4) is 16.9 Å². The molecule has 0 atom stereocenters. The zero-order valence-electron chi connectivity index (χ0n) is 21.6. The van der Waals surface area contributed by atoms with E-state index in [9.17, 15) is 4.79 Å². The van der Waals surface area contributed by atoms with Crippen molar-refractivity contribution in [3.05, 3.63) is 99.9 Å². The first-order valence-corrected chi connectivity index (χ1v) is 12.4. The molecule has 3 heterocycles. The van der Waals surface area contributed by atoms with Gasteiger partial charge >= 0.3 is 0 Å². The molecule has 4 aromatic rings. The molecule has 0 spiro atoms. The van der Waals surface area contributed by atoms with E-state index in [4.69, 9.17) is 4.74 Å². The fourth-order valence-electron chi connectivity index (χ4n) is 4.97. The Morgan fingerprint density at radius 3 is 2.44 bits per heavy atom. The van der Waals surface area contributed by atoms with Gasteiger partial charge in [0.05, 0.1) is 24.3 Å². The van der Waals surface area contributed by atoms with Gasteiger partial charge in [-0.3, -0.25) is 9.78 Å². The molecule has 0 bridgehead atoms. The number of imidazole rings is 1. The van der Waals surface area contributed by atoms with Gasteiger partial charge in [0, 0.05) is 30.2 Å². The summed E-state index contributed by atoms with van der Waals surface area (Å²) in [7, 11) is 0. The lowest BCUT2D eigenvalue weighted by Gasteiger charge is -2.21. The maximum Gasteiger partial charge on any atom is 0.258 e. The standard InChI is InChI=1S/C30H32N4O2/c1-19-6-7-21(3)26(14-19)27-15-24(17-33-9-8-31-23(33)5)16-28-29(27)36-11-10-34(30(28)35)18-25-13-20(2)12-22(4)32-25/h6-9,12-16H,10-11,17-18H2,1-5H3. The molecule has 0 radical (unpaired) electrons. The first kappa shape index (κ1) is 23.8. The van der Waals surface area contributed by atoms with E-state index in [1.54, 1.807) is 6.20 Å². The molecule has 184 valence electrons. The number of carbonyl (C=O) groups is 1. The smallest absolute Gasteiger partial charge is 0.258 e. The predicted octanol–water partition coefficient (Wildman–Crippen LogP) is 5.57. The van der Waals surface area contributed by atoms with E-state index < -0.39 is 0 Å². The first-order valence-electron chi connectivity index (χ1n) is 12.4. The quantitative estimate of drug-likeness (QED) is 0.375. The van der Waals surface area contributed by atoms with E-state index in [0.29, 0.717) is 37.6 Å². The monoisotopic (exact) mass is 480 g/mol. The maximum absolute atomic E-state index is 14.0. The fraction of sp³-hybridized carbons (Fsp3) is 0.300. The van der Waals surface area contributed by atoms with Crippen molar-refractivity contribution in [2.24, 2.45) is 0 Å². The summed E-state index contributed by atoms with van der Waals surface area (Å²) in [5, 5.41) is 0. The van der Waals surface area contributed by atoms with Crippen molar-refractivity contribution in [1.82, 2.24) is 19.4 Å². The van der Waals surface area contributed by atoms with Crippen LogP contribution in [-0.2, 0) is 13.1 Å². The van der Waals surface area contributed by atoms with Gasteiger partial charge in [-0.1, -0.05) is 23.8 Å². The molecule has 0 N–H and O–H groups in total. The molecule has 0 saturated heterocycles. The topological polar surface area (TPSA) is 60.3 Å². The molecule has 0 unspecified atom stereocenters. The fourth-order valence-corrected chi connectivity index (χ4v) is 4.97. The summed E-state index contributed by atoms with van der Waals surface area (Å²) in [5.74, 6) is 1.57. The normalized spacial score (nSPS) is 13.4. The molecule has 5 rings (SSSR count). The van der Waals surface area contributed by atoms with Crippen LogP contribution in [0.25, 0.3) is 11.1 Å². The Labute approximate surface area is 212 Å². The zero-order chi connectivity index (χ0) is 25.4. The van der Waals surface area contributed by atoms with Crippen LogP contribution in [0.15, 0.2) is 54.9 Å². The van der Waals surface area contributed by atoms with Gasteiger partial charge in [-0.15, -0.1) is 0 Å². The van der Waals surface area contributed by atoms with Crippen LogP contribution in [0.1, 0.15) is 49.8 Å². The number of aromatic nitrogens is 3. The minimum absolute atomic E-state index is 0.0285. The summed E-state index contributed by atoms with van der Waals surface area (Å²) >= 11 is 0. The summed E-state index contributed by atoms with van der Waals surface area (Å²) in [6.07, 6.45) is 3.77. The largest absolute Gasteiger partial charge is 0.490 e. The molecule has 1 amide bonds. The third-order valence-electron chi connectivity index (χ3n) is 6.74. The number of aryl methyl sites for hydroxylation is 5. The van der Waals surface area contributed by atoms with E-state index in [-0.39, 0.29) is 5.91 Å². The number of carbonyl (C=O) groups excluding carboxylic acids is 1. The molecule has 1 aliphatic rings. The highest BCUT2D eigenvalue weighted by molar-refractivity contribution is 6.00. The Morgan fingerprint density at radius 2 is 1.69 bits per heavy atom. The minimum Gasteiger partial charge on any atom is -0.490 e. The Hall–Kier alpha value is -3.93. The van der Waals surface area contributed by atoms with Crippen LogP contribution < -0.4 is 4.74 Å². The van der Waals surface area contributed by atoms with Gasteiger partial charge in [0.1, 0.15) is 18.2 Å². The second-order valence-electron chi connectivity index (χ2n) is 9.79. The molecule has 6 nitrogen and oxygen atoms in total. The van der Waals surface area contributed by atoms with Gasteiger partial charge in [-0.2, -0.15) is 0 Å². The van der Waals surface area contributed by atoms with Crippen molar-refractivity contribution in [1.29, 1.82) is 0 Å². The van der Waals surface area contributed by atoms with Crippen LogP contribution in [0.4, 0.5) is 0 Å². The number of nitrogens with zero attached hydrogens (tertiary/aromatic N) is 4. The zero-order valence-corrected chi connectivity index (χ0v) is 21.6. The van der Waals surface area contributed by atoms with Gasteiger partial charge in [0.2, 0.25) is 0 Å². The second kappa shape index (κ2) is 9.61. The molecular weight excluding hydrogens is 448 g/mol. The number of fused-ring (bicyclic) bond motifs is 1. The number of rotatable bonds is 5. The number of pyridine rings is 1. The molecule has 2 aromatic carbocycles. The average molecular weight is 481 g/mol. The van der Waals surface area contributed by atoms with Gasteiger partial charge in [0.25, 0.3) is 5.91 Å². The van der Waals surface area contributed by atoms with Crippen LogP contribution in [0.2, 0.25) is 0 Å². The highest BCUT2D eigenvalue weighted by atomic mass is 16.5. The first-order chi connectivity index (χ1) is 17.3. The summed E-state index contributed by atoms with van der Waals surface area (Å²) < 4.78 is 8.42. The van der Waals surface area contributed by atoms with Crippen LogP contribution in [-0.4, -0.2) is 38.5 Å². The van der Waals surface area contributed by atoms with Gasteiger partial charge in [-0.05, 0) is 81.1 Å². The summed E-state index contributed by atoms with van der Waals surface area (Å²) in [6.45, 7) is 12.2. The number of ether oxygens (including phenoxy) is 1. The van der Waals surface area contributed by atoms with Crippen molar-refractivity contribution in [3.63, 3.8) is 0 Å². The molecule has 6 heteroatoms. The number of hydrogen-bond donors (Lipinski definition) is 0. The van der Waals surface area contributed by atoms with Crippen LogP contribution >= 0.6 is 0 Å². The summed E-state index contributed by atoms with van der Waals surface area (Å²) in [5.41, 5.74) is 9.00. The maximum atomic E-state index is 14.0. The lowest BCUT2D eigenvalue weighted by Crippen LogP contribution is -2.32. The van der Waals surface area contributed by atoms with Gasteiger partial charge in [0.15, 0.2) is 0 Å². The number of benzene rings is 2. The Morgan fingerprint density at radius 1 is 0.889 bits per heavy atom. The molecule has 0 saturated carbocycles. The van der Waals surface area contributed by atoms with Gasteiger partial charge < -0.3 is 14.2 Å². The van der Waals surface area contributed by atoms with Crippen LogP contribution in [0.5, 0.6) is 5.75 Å². The van der Waals surface area contributed by atoms with E-state index in [1.165, 1.54) is 5.56 Å². The molecule has 36 heavy (non-hydrogen) atoms. The van der Waals surface area contributed by atoms with Crippen LogP contribution in [0, 0.1) is 34.6 Å². The van der Waals surface area contributed by atoms with E-state index in [2.05, 4.69) is 59.6 Å². The SMILES string of the molecule is Cc1cc(C)nc(CN2CCOc3c(cc(Cn4ccnc4C)cc3-c3cc(C)ccc3C)C2=O)c1. The van der Waals surface area contributed by atoms with E-state index in [1.807, 2.05) is 43.1 Å². The predicted molar refractivity (Wildman–Crippen MR) is 141 cm³/mol. The lowest BCUT2D eigenvalue weighted by molar-refractivity contribution is 0.0740. The summed E-state index contributed by atoms with van der Waals surface area (Å²) in [6, 6.07) is 14.7. The van der Waals surface area contributed by atoms with Gasteiger partial charge in [-0.25, -0.2) is 4.98 Å². The third kappa shape index (κ3) is 4.76. The molecular formula is C30H32N4O2. The van der Waals surface area contributed by atoms with Crippen LogP contribution in [0.3, 0.4) is 0 Å². The Balaban J connectivity index is 1.61. The van der Waals surface area contributed by atoms with Crippen molar-refractivity contribution >= 4 is 5.91 Å². The lowest BCUT2D eigenvalue weighted by atomic mass is 9.93. The number of amides is 1. The minimum atomic E-state index is -0.0285. The molecule has 2 aromatic heterocycles. The Bertz CT molecular complexity index is 1430. The van der Waals surface area contributed by atoms with E-state index in [0.717, 1.165) is 45.0 Å². The Kier molecular flexibility index (Phi) is 6.35. The van der Waals surface area contributed by atoms with E-state index >= 15 is 0 Å². The molecule has 0 aliphatic carbocycles. The van der Waals surface area contributed by atoms with Crippen molar-refractivity contribution < 1.29 is 9.53 Å². The molecule has 1 aliphatic heterocycles. The number of hydrogen-bond acceptors (Lipinski definition) is 4. The van der Waals surface area contributed by atoms with Crippen molar-refractivity contribution in [2.45, 2.75) is 47.7 Å². The highest BCUT2D eigenvalue weighted by Crippen LogP contribution is 2.39. The second-order valence-corrected chi connectivity index (χ2v) is 9.79. The highest BCUT2D eigenvalue weighted by Gasteiger charge is 2.28. The molecule has 0 fully saturated rings. The average Bonchev–Trinajstić information content (AvgIpc) is 3.16. The third-order valence-corrected chi connectivity index (χ3v) is 6.74.